The molecule has 0 N–H and O–H groups in total. The van der Waals surface area contributed by atoms with Crippen molar-refractivity contribution < 1.29 is 9.72 Å². The molecule has 1 aromatic carbocycles. The van der Waals surface area contributed by atoms with Crippen molar-refractivity contribution in [2.75, 3.05) is 0 Å². The van der Waals surface area contributed by atoms with Gasteiger partial charge in [0.2, 0.25) is 5.78 Å². The molecule has 4 heteroatoms. The summed E-state index contributed by atoms with van der Waals surface area (Å²) in [5.41, 5.74) is -0.439. The third-order valence-corrected chi connectivity index (χ3v) is 3.42. The van der Waals surface area contributed by atoms with Crippen LogP contribution in [0.5, 0.6) is 0 Å². The standard InChI is InChI=1S/C13H15NO3/c1-2-6-12(15)13(14(16)17)9-11(13)10-7-4-3-5-8-10/h3-5,7-8,11H,2,6,9H2,1H3/t11?,13-/m0/s1. The van der Waals surface area contributed by atoms with Gasteiger partial charge >= 0.3 is 0 Å². The van der Waals surface area contributed by atoms with Crippen molar-refractivity contribution in [2.45, 2.75) is 37.6 Å². The van der Waals surface area contributed by atoms with Gasteiger partial charge in [0.15, 0.2) is 0 Å². The van der Waals surface area contributed by atoms with Crippen LogP contribution in [0.3, 0.4) is 0 Å². The normalized spacial score (nSPS) is 26.5. The van der Waals surface area contributed by atoms with Gasteiger partial charge in [-0.3, -0.25) is 14.9 Å². The first-order valence-electron chi connectivity index (χ1n) is 5.85. The Labute approximate surface area is 99.8 Å². The molecule has 2 atom stereocenters. The fraction of sp³-hybridized carbons (Fsp3) is 0.462. The second-order valence-electron chi connectivity index (χ2n) is 4.52. The van der Waals surface area contributed by atoms with Gasteiger partial charge in [-0.05, 0) is 12.0 Å². The molecule has 0 heterocycles. The molecule has 0 amide bonds. The predicted molar refractivity (Wildman–Crippen MR) is 63.4 cm³/mol. The summed E-state index contributed by atoms with van der Waals surface area (Å²) in [6.07, 6.45) is 1.31. The van der Waals surface area contributed by atoms with Crippen LogP contribution in [-0.2, 0) is 4.79 Å². The average molecular weight is 233 g/mol. The fourth-order valence-electron chi connectivity index (χ4n) is 2.39. The topological polar surface area (TPSA) is 60.2 Å². The maximum atomic E-state index is 11.9. The summed E-state index contributed by atoms with van der Waals surface area (Å²) in [7, 11) is 0. The van der Waals surface area contributed by atoms with Gasteiger partial charge in [0.1, 0.15) is 0 Å². The van der Waals surface area contributed by atoms with E-state index in [0.717, 1.165) is 5.56 Å². The van der Waals surface area contributed by atoms with Gasteiger partial charge in [-0.1, -0.05) is 37.3 Å². The van der Waals surface area contributed by atoms with Gasteiger partial charge in [0, 0.05) is 17.8 Å². The van der Waals surface area contributed by atoms with Crippen LogP contribution in [0.1, 0.15) is 37.7 Å². The highest BCUT2D eigenvalue weighted by Gasteiger charge is 2.71. The maximum Gasteiger partial charge on any atom is 0.287 e. The molecule has 1 aliphatic carbocycles. The summed E-state index contributed by atoms with van der Waals surface area (Å²) in [6.45, 7) is 1.87. The highest BCUT2D eigenvalue weighted by Crippen LogP contribution is 2.54. The van der Waals surface area contributed by atoms with E-state index in [1.54, 1.807) is 0 Å². The molecular formula is C13H15NO3. The molecule has 0 aromatic heterocycles. The van der Waals surface area contributed by atoms with E-state index < -0.39 is 5.54 Å². The number of hydrogen-bond donors (Lipinski definition) is 0. The largest absolute Gasteiger partial charge is 0.292 e. The smallest absolute Gasteiger partial charge is 0.287 e. The number of rotatable bonds is 5. The number of carbonyl (C=O) groups is 1. The highest BCUT2D eigenvalue weighted by molar-refractivity contribution is 5.91. The van der Waals surface area contributed by atoms with E-state index in [-0.39, 0.29) is 16.6 Å². The number of Topliss-reactive ketones (excluding diaryl/α,β-unsaturated/α-hetero) is 1. The summed E-state index contributed by atoms with van der Waals surface area (Å²) in [6, 6.07) is 9.28. The number of nitro groups is 1. The van der Waals surface area contributed by atoms with Gasteiger partial charge in [-0.25, -0.2) is 0 Å². The lowest BCUT2D eigenvalue weighted by atomic mass is 10.0. The summed E-state index contributed by atoms with van der Waals surface area (Å²) in [4.78, 5) is 22.7. The Morgan fingerprint density at radius 1 is 1.47 bits per heavy atom. The van der Waals surface area contributed by atoms with E-state index in [0.29, 0.717) is 19.3 Å². The van der Waals surface area contributed by atoms with Crippen molar-refractivity contribution in [1.82, 2.24) is 0 Å². The van der Waals surface area contributed by atoms with E-state index in [1.165, 1.54) is 0 Å². The molecule has 1 aromatic rings. The first kappa shape index (κ1) is 11.8. The summed E-state index contributed by atoms with van der Waals surface area (Å²) >= 11 is 0. The summed E-state index contributed by atoms with van der Waals surface area (Å²) < 4.78 is 0. The Bertz CT molecular complexity index is 443. The molecule has 0 saturated heterocycles. The van der Waals surface area contributed by atoms with Crippen molar-refractivity contribution in [3.63, 3.8) is 0 Å². The molecule has 0 spiro atoms. The first-order chi connectivity index (χ1) is 8.13. The second kappa shape index (κ2) is 4.28. The van der Waals surface area contributed by atoms with Crippen LogP contribution in [0.2, 0.25) is 0 Å². The number of hydrogen-bond acceptors (Lipinski definition) is 3. The van der Waals surface area contributed by atoms with Gasteiger partial charge in [-0.2, -0.15) is 0 Å². The molecule has 0 bridgehead atoms. The van der Waals surface area contributed by atoms with E-state index in [9.17, 15) is 14.9 Å². The maximum absolute atomic E-state index is 11.9. The van der Waals surface area contributed by atoms with Crippen molar-refractivity contribution in [3.05, 3.63) is 46.0 Å². The lowest BCUT2D eigenvalue weighted by Gasteiger charge is -2.07. The lowest BCUT2D eigenvalue weighted by molar-refractivity contribution is -0.523. The number of ketones is 1. The van der Waals surface area contributed by atoms with E-state index in [1.807, 2.05) is 37.3 Å². The third kappa shape index (κ3) is 1.84. The number of benzene rings is 1. The Hall–Kier alpha value is -1.71. The molecular weight excluding hydrogens is 218 g/mol. The molecule has 2 rings (SSSR count). The van der Waals surface area contributed by atoms with Crippen LogP contribution in [0, 0.1) is 10.1 Å². The molecule has 1 saturated carbocycles. The SMILES string of the molecule is CCCC(=O)[C@]1([N+](=O)[O-])CC1c1ccccc1. The van der Waals surface area contributed by atoms with Crippen molar-refractivity contribution in [2.24, 2.45) is 0 Å². The van der Waals surface area contributed by atoms with Gasteiger partial charge in [0.25, 0.3) is 5.54 Å². The van der Waals surface area contributed by atoms with Gasteiger partial charge in [-0.15, -0.1) is 0 Å². The molecule has 90 valence electrons. The van der Waals surface area contributed by atoms with Crippen molar-refractivity contribution in [3.8, 4) is 0 Å². The Morgan fingerprint density at radius 3 is 2.65 bits per heavy atom. The molecule has 1 fully saturated rings. The summed E-state index contributed by atoms with van der Waals surface area (Å²) in [5.74, 6) is -0.461. The minimum absolute atomic E-state index is 0.223. The second-order valence-corrected chi connectivity index (χ2v) is 4.52. The molecule has 1 unspecified atom stereocenters. The number of carbonyl (C=O) groups excluding carboxylic acids is 1. The van der Waals surface area contributed by atoms with E-state index in [4.69, 9.17) is 0 Å². The zero-order chi connectivity index (χ0) is 12.5. The van der Waals surface area contributed by atoms with Crippen LogP contribution < -0.4 is 0 Å². The minimum Gasteiger partial charge on any atom is -0.292 e. The lowest BCUT2D eigenvalue weighted by Crippen LogP contribution is -2.33. The monoisotopic (exact) mass is 233 g/mol. The quantitative estimate of drug-likeness (QED) is 0.580. The van der Waals surface area contributed by atoms with Crippen LogP contribution in [-0.4, -0.2) is 16.2 Å². The van der Waals surface area contributed by atoms with Crippen LogP contribution in [0.4, 0.5) is 0 Å². The zero-order valence-electron chi connectivity index (χ0n) is 9.76. The Balaban J connectivity index is 2.25. The van der Waals surface area contributed by atoms with E-state index in [2.05, 4.69) is 0 Å². The highest BCUT2D eigenvalue weighted by atomic mass is 16.6. The fourth-order valence-corrected chi connectivity index (χ4v) is 2.39. The summed E-state index contributed by atoms with van der Waals surface area (Å²) in [5, 5.41) is 11.2. The molecule has 0 aliphatic heterocycles. The predicted octanol–water partition coefficient (Wildman–Crippen LogP) is 2.56. The third-order valence-electron chi connectivity index (χ3n) is 3.42. The van der Waals surface area contributed by atoms with Crippen LogP contribution >= 0.6 is 0 Å². The number of nitrogens with zero attached hydrogens (tertiary/aromatic N) is 1. The Morgan fingerprint density at radius 2 is 2.12 bits per heavy atom. The first-order valence-corrected chi connectivity index (χ1v) is 5.85. The van der Waals surface area contributed by atoms with Gasteiger partial charge < -0.3 is 0 Å². The van der Waals surface area contributed by atoms with Crippen LogP contribution in [0.25, 0.3) is 0 Å². The molecule has 17 heavy (non-hydrogen) atoms. The minimum atomic E-state index is -1.34. The van der Waals surface area contributed by atoms with Crippen molar-refractivity contribution in [1.29, 1.82) is 0 Å². The van der Waals surface area contributed by atoms with E-state index >= 15 is 0 Å². The average Bonchev–Trinajstić information content (AvgIpc) is 3.07. The molecule has 0 radical (unpaired) electrons. The van der Waals surface area contributed by atoms with Crippen LogP contribution in [0.15, 0.2) is 30.3 Å². The Kier molecular flexibility index (Phi) is 2.96. The molecule has 1 aliphatic rings. The van der Waals surface area contributed by atoms with Gasteiger partial charge in [0.05, 0.1) is 5.92 Å². The molecule has 4 nitrogen and oxygen atoms in total. The zero-order valence-corrected chi connectivity index (χ0v) is 9.76. The van der Waals surface area contributed by atoms with Crippen molar-refractivity contribution >= 4 is 5.78 Å².